The Morgan fingerprint density at radius 1 is 1.14 bits per heavy atom. The standard InChI is InChI=1S/C20H22N2O6/c1-10-13(17(24)28-19(2,3)4)20(18(25)27-10)11-8-6-7-9-12(11)22-15(21)14(20)16(23)26-5/h6-9,22H,21H2,1-5H3/t20-/m0/s1. The molecule has 0 bridgehead atoms. The van der Waals surface area contributed by atoms with Gasteiger partial charge in [0, 0.05) is 11.3 Å². The molecule has 2 aliphatic rings. The molecule has 0 radical (unpaired) electrons. The van der Waals surface area contributed by atoms with Crippen LogP contribution in [0.1, 0.15) is 33.3 Å². The maximum absolute atomic E-state index is 13.2. The number of nitrogens with two attached hydrogens (primary N) is 1. The Labute approximate surface area is 162 Å². The summed E-state index contributed by atoms with van der Waals surface area (Å²) < 4.78 is 15.7. The van der Waals surface area contributed by atoms with Gasteiger partial charge in [0.1, 0.15) is 28.3 Å². The van der Waals surface area contributed by atoms with Crippen molar-refractivity contribution in [2.24, 2.45) is 5.73 Å². The van der Waals surface area contributed by atoms with Crippen molar-refractivity contribution in [3.05, 3.63) is 52.6 Å². The lowest BCUT2D eigenvalue weighted by Crippen LogP contribution is -2.48. The molecule has 0 unspecified atom stereocenters. The topological polar surface area (TPSA) is 117 Å². The quantitative estimate of drug-likeness (QED) is 0.584. The second-order valence-electron chi connectivity index (χ2n) is 7.52. The van der Waals surface area contributed by atoms with Gasteiger partial charge in [-0.25, -0.2) is 14.4 Å². The molecular weight excluding hydrogens is 364 g/mol. The highest BCUT2D eigenvalue weighted by molar-refractivity contribution is 6.15. The summed E-state index contributed by atoms with van der Waals surface area (Å²) in [6.07, 6.45) is 0. The van der Waals surface area contributed by atoms with Gasteiger partial charge in [-0.1, -0.05) is 18.2 Å². The largest absolute Gasteiger partial charge is 0.466 e. The summed E-state index contributed by atoms with van der Waals surface area (Å²) in [6, 6.07) is 6.74. The molecule has 0 amide bonds. The van der Waals surface area contributed by atoms with Crippen LogP contribution >= 0.6 is 0 Å². The third kappa shape index (κ3) is 2.72. The molecule has 148 valence electrons. The third-order valence-corrected chi connectivity index (χ3v) is 4.52. The first-order chi connectivity index (χ1) is 13.0. The van der Waals surface area contributed by atoms with Gasteiger partial charge in [-0.3, -0.25) is 0 Å². The molecule has 0 aliphatic carbocycles. The summed E-state index contributed by atoms with van der Waals surface area (Å²) in [4.78, 5) is 39.0. The molecule has 28 heavy (non-hydrogen) atoms. The number of carbonyl (C=O) groups excluding carboxylic acids is 3. The van der Waals surface area contributed by atoms with Crippen LogP contribution in [0.15, 0.2) is 47.0 Å². The zero-order valence-corrected chi connectivity index (χ0v) is 16.3. The van der Waals surface area contributed by atoms with Crippen molar-refractivity contribution in [1.82, 2.24) is 0 Å². The lowest BCUT2D eigenvalue weighted by molar-refractivity contribution is -0.152. The predicted octanol–water partition coefficient (Wildman–Crippen LogP) is 1.87. The van der Waals surface area contributed by atoms with Crippen LogP contribution < -0.4 is 11.1 Å². The monoisotopic (exact) mass is 386 g/mol. The van der Waals surface area contributed by atoms with Crippen LogP contribution in [0.3, 0.4) is 0 Å². The average molecular weight is 386 g/mol. The summed E-state index contributed by atoms with van der Waals surface area (Å²) in [5.74, 6) is -2.50. The number of allylic oxidation sites excluding steroid dienone is 1. The Balaban J connectivity index is 2.37. The Kier molecular flexibility index (Phi) is 4.45. The number of esters is 3. The van der Waals surface area contributed by atoms with Crippen molar-refractivity contribution in [2.75, 3.05) is 12.4 Å². The smallest absolute Gasteiger partial charge is 0.339 e. The Bertz CT molecular complexity index is 954. The predicted molar refractivity (Wildman–Crippen MR) is 99.6 cm³/mol. The molecule has 1 aromatic rings. The van der Waals surface area contributed by atoms with Crippen LogP contribution in [0.5, 0.6) is 0 Å². The Hall–Kier alpha value is -3.29. The SMILES string of the molecule is COC(=O)C1=C(N)Nc2ccccc2[C@@]12C(=O)OC(C)=C2C(=O)OC(C)(C)C. The number of hydrogen-bond donors (Lipinski definition) is 2. The van der Waals surface area contributed by atoms with Gasteiger partial charge in [0.2, 0.25) is 0 Å². The number of carbonyl (C=O) groups is 3. The maximum Gasteiger partial charge on any atom is 0.339 e. The van der Waals surface area contributed by atoms with Gasteiger partial charge in [0.25, 0.3) is 0 Å². The first-order valence-corrected chi connectivity index (χ1v) is 8.66. The third-order valence-electron chi connectivity index (χ3n) is 4.52. The number of benzene rings is 1. The van der Waals surface area contributed by atoms with Crippen LogP contribution in [0.2, 0.25) is 0 Å². The maximum atomic E-state index is 13.2. The van der Waals surface area contributed by atoms with Gasteiger partial charge in [0.05, 0.1) is 7.11 Å². The minimum Gasteiger partial charge on any atom is -0.466 e. The zero-order valence-electron chi connectivity index (χ0n) is 16.3. The number of ether oxygens (including phenoxy) is 3. The number of fused-ring (bicyclic) bond motifs is 2. The molecule has 1 atom stereocenters. The lowest BCUT2D eigenvalue weighted by Gasteiger charge is -2.36. The number of methoxy groups -OCH3 is 1. The fraction of sp³-hybridized carbons (Fsp3) is 0.350. The van der Waals surface area contributed by atoms with E-state index in [4.69, 9.17) is 19.9 Å². The van der Waals surface area contributed by atoms with Crippen molar-refractivity contribution in [1.29, 1.82) is 0 Å². The van der Waals surface area contributed by atoms with Gasteiger partial charge in [0.15, 0.2) is 5.41 Å². The fourth-order valence-corrected chi connectivity index (χ4v) is 3.56. The van der Waals surface area contributed by atoms with Crippen molar-refractivity contribution in [3.63, 3.8) is 0 Å². The second kappa shape index (κ2) is 6.40. The summed E-state index contributed by atoms with van der Waals surface area (Å²) in [6.45, 7) is 6.58. The minimum absolute atomic E-state index is 0.0464. The van der Waals surface area contributed by atoms with E-state index in [1.165, 1.54) is 14.0 Å². The highest BCUT2D eigenvalue weighted by Crippen LogP contribution is 2.52. The van der Waals surface area contributed by atoms with E-state index in [0.717, 1.165) is 0 Å². The first kappa shape index (κ1) is 19.5. The molecule has 3 rings (SSSR count). The molecule has 1 aromatic carbocycles. The second-order valence-corrected chi connectivity index (χ2v) is 7.52. The molecule has 8 heteroatoms. The summed E-state index contributed by atoms with van der Waals surface area (Å²) in [5.41, 5.74) is 3.92. The van der Waals surface area contributed by atoms with Crippen molar-refractivity contribution >= 4 is 23.6 Å². The fourth-order valence-electron chi connectivity index (χ4n) is 3.56. The van der Waals surface area contributed by atoms with Crippen LogP contribution in [0, 0.1) is 0 Å². The Morgan fingerprint density at radius 3 is 2.39 bits per heavy atom. The van der Waals surface area contributed by atoms with E-state index < -0.39 is 28.9 Å². The number of para-hydroxylation sites is 1. The molecule has 3 N–H and O–H groups in total. The minimum atomic E-state index is -1.88. The van der Waals surface area contributed by atoms with Gasteiger partial charge in [-0.05, 0) is 33.8 Å². The van der Waals surface area contributed by atoms with Crippen LogP contribution in [0.4, 0.5) is 5.69 Å². The van der Waals surface area contributed by atoms with Gasteiger partial charge < -0.3 is 25.3 Å². The molecule has 8 nitrogen and oxygen atoms in total. The summed E-state index contributed by atoms with van der Waals surface area (Å²) in [7, 11) is 1.17. The molecular formula is C20H22N2O6. The molecule has 0 saturated heterocycles. The summed E-state index contributed by atoms with van der Waals surface area (Å²) in [5, 5.41) is 2.89. The van der Waals surface area contributed by atoms with Gasteiger partial charge in [-0.2, -0.15) is 0 Å². The number of hydrogen-bond acceptors (Lipinski definition) is 8. The molecule has 0 aromatic heterocycles. The van der Waals surface area contributed by atoms with E-state index in [1.54, 1.807) is 45.0 Å². The van der Waals surface area contributed by atoms with E-state index in [0.29, 0.717) is 11.3 Å². The van der Waals surface area contributed by atoms with E-state index in [1.807, 2.05) is 0 Å². The average Bonchev–Trinajstić information content (AvgIpc) is 2.84. The zero-order chi connectivity index (χ0) is 20.9. The molecule has 0 fully saturated rings. The number of cyclic esters (lactones) is 1. The number of nitrogens with one attached hydrogen (secondary N) is 1. The van der Waals surface area contributed by atoms with E-state index >= 15 is 0 Å². The van der Waals surface area contributed by atoms with Crippen LogP contribution in [-0.2, 0) is 34.0 Å². The molecule has 0 saturated carbocycles. The molecule has 2 heterocycles. The van der Waals surface area contributed by atoms with Crippen molar-refractivity contribution in [3.8, 4) is 0 Å². The highest BCUT2D eigenvalue weighted by Gasteiger charge is 2.62. The first-order valence-electron chi connectivity index (χ1n) is 8.66. The van der Waals surface area contributed by atoms with E-state index in [2.05, 4.69) is 5.32 Å². The molecule has 2 aliphatic heterocycles. The highest BCUT2D eigenvalue weighted by atomic mass is 16.6. The van der Waals surface area contributed by atoms with Crippen LogP contribution in [-0.4, -0.2) is 30.6 Å². The summed E-state index contributed by atoms with van der Waals surface area (Å²) >= 11 is 0. The van der Waals surface area contributed by atoms with Gasteiger partial charge in [-0.15, -0.1) is 0 Å². The molecule has 1 spiro atoms. The lowest BCUT2D eigenvalue weighted by atomic mass is 9.67. The Morgan fingerprint density at radius 2 is 1.79 bits per heavy atom. The van der Waals surface area contributed by atoms with Gasteiger partial charge >= 0.3 is 17.9 Å². The normalized spacial score (nSPS) is 21.2. The number of anilines is 1. The van der Waals surface area contributed by atoms with Crippen molar-refractivity contribution < 1.29 is 28.6 Å². The van der Waals surface area contributed by atoms with Crippen LogP contribution in [0.25, 0.3) is 0 Å². The van der Waals surface area contributed by atoms with E-state index in [9.17, 15) is 14.4 Å². The number of rotatable bonds is 2. The van der Waals surface area contributed by atoms with Crippen molar-refractivity contribution in [2.45, 2.75) is 38.7 Å². The van der Waals surface area contributed by atoms with E-state index in [-0.39, 0.29) is 22.7 Å².